The van der Waals surface area contributed by atoms with Crippen LogP contribution in [0, 0.1) is 0 Å². The van der Waals surface area contributed by atoms with Crippen LogP contribution in [0.5, 0.6) is 0 Å². The molecule has 0 aromatic carbocycles. The molecule has 0 saturated carbocycles. The maximum atomic E-state index is 12.1. The Labute approximate surface area is 103 Å². The number of amides is 1. The van der Waals surface area contributed by atoms with Gasteiger partial charge < -0.3 is 10.6 Å². The van der Waals surface area contributed by atoms with E-state index in [-0.39, 0.29) is 18.0 Å². The minimum absolute atomic E-state index is 0.0434. The lowest BCUT2D eigenvalue weighted by Crippen LogP contribution is -2.46. The summed E-state index contributed by atoms with van der Waals surface area (Å²) in [5.41, 5.74) is 6.56. The number of hydrogen-bond donors (Lipinski definition) is 1. The van der Waals surface area contributed by atoms with Crippen LogP contribution in [0.1, 0.15) is 39.4 Å². The summed E-state index contributed by atoms with van der Waals surface area (Å²) in [6.45, 7) is 7.66. The maximum absolute atomic E-state index is 12.1. The third-order valence-corrected chi connectivity index (χ3v) is 2.73. The summed E-state index contributed by atoms with van der Waals surface area (Å²) in [7, 11) is 0. The summed E-state index contributed by atoms with van der Waals surface area (Å²) < 4.78 is 0. The maximum Gasteiger partial charge on any atom is 0.239 e. The van der Waals surface area contributed by atoms with Gasteiger partial charge in [-0.3, -0.25) is 9.78 Å². The summed E-state index contributed by atoms with van der Waals surface area (Å²) in [6.07, 6.45) is 1.74. The minimum Gasteiger partial charge on any atom is -0.331 e. The van der Waals surface area contributed by atoms with Gasteiger partial charge in [0.05, 0.1) is 17.8 Å². The molecule has 0 unspecified atom stereocenters. The highest BCUT2D eigenvalue weighted by atomic mass is 16.2. The minimum atomic E-state index is -0.483. The van der Waals surface area contributed by atoms with E-state index in [4.69, 9.17) is 5.73 Å². The van der Waals surface area contributed by atoms with E-state index in [1.54, 1.807) is 18.0 Å². The Kier molecular flexibility index (Phi) is 4.63. The Morgan fingerprint density at radius 2 is 1.94 bits per heavy atom. The SMILES string of the molecule is CC(C)N(C(=O)[C@H](C)N)[C@@H](C)c1ccccn1. The summed E-state index contributed by atoms with van der Waals surface area (Å²) in [6, 6.07) is 5.27. The largest absolute Gasteiger partial charge is 0.331 e. The number of rotatable bonds is 4. The first-order valence-corrected chi connectivity index (χ1v) is 5.93. The number of carbonyl (C=O) groups excluding carboxylic acids is 1. The number of aromatic nitrogens is 1. The second kappa shape index (κ2) is 5.77. The topological polar surface area (TPSA) is 59.2 Å². The lowest BCUT2D eigenvalue weighted by Gasteiger charge is -2.33. The van der Waals surface area contributed by atoms with E-state index in [1.165, 1.54) is 0 Å². The molecule has 17 heavy (non-hydrogen) atoms. The van der Waals surface area contributed by atoms with E-state index < -0.39 is 6.04 Å². The molecule has 0 bridgehead atoms. The molecule has 2 N–H and O–H groups in total. The van der Waals surface area contributed by atoms with Crippen LogP contribution in [0.4, 0.5) is 0 Å². The second-order valence-corrected chi connectivity index (χ2v) is 4.56. The van der Waals surface area contributed by atoms with Crippen molar-refractivity contribution in [2.24, 2.45) is 5.73 Å². The van der Waals surface area contributed by atoms with Crippen molar-refractivity contribution in [3.63, 3.8) is 0 Å². The normalized spacial score (nSPS) is 14.5. The fraction of sp³-hybridized carbons (Fsp3) is 0.538. The van der Waals surface area contributed by atoms with Crippen LogP contribution in [0.25, 0.3) is 0 Å². The number of pyridine rings is 1. The predicted molar refractivity (Wildman–Crippen MR) is 68.3 cm³/mol. The van der Waals surface area contributed by atoms with Gasteiger partial charge >= 0.3 is 0 Å². The molecule has 2 atom stereocenters. The molecule has 0 aliphatic heterocycles. The summed E-state index contributed by atoms with van der Waals surface area (Å²) in [4.78, 5) is 18.1. The van der Waals surface area contributed by atoms with E-state index in [1.807, 2.05) is 39.0 Å². The molecule has 0 spiro atoms. The molecule has 0 radical (unpaired) electrons. The molecule has 4 nitrogen and oxygen atoms in total. The van der Waals surface area contributed by atoms with E-state index in [9.17, 15) is 4.79 Å². The van der Waals surface area contributed by atoms with Crippen molar-refractivity contribution in [3.8, 4) is 0 Å². The Balaban J connectivity index is 2.96. The number of hydrogen-bond acceptors (Lipinski definition) is 3. The molecule has 1 heterocycles. The molecule has 1 amide bonds. The first kappa shape index (κ1) is 13.6. The molecule has 1 rings (SSSR count). The Hall–Kier alpha value is -1.42. The zero-order valence-corrected chi connectivity index (χ0v) is 10.9. The Morgan fingerprint density at radius 1 is 1.29 bits per heavy atom. The zero-order chi connectivity index (χ0) is 13.0. The number of carbonyl (C=O) groups is 1. The van der Waals surface area contributed by atoms with Gasteiger partial charge in [0.2, 0.25) is 5.91 Å². The molecule has 1 aromatic rings. The van der Waals surface area contributed by atoms with Crippen molar-refractivity contribution in [2.45, 2.75) is 45.8 Å². The van der Waals surface area contributed by atoms with Gasteiger partial charge in [-0.25, -0.2) is 0 Å². The van der Waals surface area contributed by atoms with Crippen LogP contribution in [-0.4, -0.2) is 27.9 Å². The van der Waals surface area contributed by atoms with Gasteiger partial charge in [0.15, 0.2) is 0 Å². The van der Waals surface area contributed by atoms with Crippen molar-refractivity contribution in [3.05, 3.63) is 30.1 Å². The number of nitrogens with zero attached hydrogens (tertiary/aromatic N) is 2. The second-order valence-electron chi connectivity index (χ2n) is 4.56. The molecular weight excluding hydrogens is 214 g/mol. The van der Waals surface area contributed by atoms with Crippen molar-refractivity contribution in [1.29, 1.82) is 0 Å². The average molecular weight is 235 g/mol. The third-order valence-electron chi connectivity index (χ3n) is 2.73. The quantitative estimate of drug-likeness (QED) is 0.864. The van der Waals surface area contributed by atoms with Crippen LogP contribution < -0.4 is 5.73 Å². The van der Waals surface area contributed by atoms with E-state index >= 15 is 0 Å². The van der Waals surface area contributed by atoms with Crippen LogP contribution in [0.3, 0.4) is 0 Å². The van der Waals surface area contributed by atoms with E-state index in [2.05, 4.69) is 4.98 Å². The van der Waals surface area contributed by atoms with Gasteiger partial charge in [-0.05, 0) is 39.8 Å². The highest BCUT2D eigenvalue weighted by Crippen LogP contribution is 2.21. The highest BCUT2D eigenvalue weighted by molar-refractivity contribution is 5.81. The van der Waals surface area contributed by atoms with Gasteiger partial charge in [-0.1, -0.05) is 6.07 Å². The molecule has 0 saturated heterocycles. The van der Waals surface area contributed by atoms with Crippen molar-refractivity contribution in [1.82, 2.24) is 9.88 Å². The summed E-state index contributed by atoms with van der Waals surface area (Å²) in [5, 5.41) is 0. The first-order valence-electron chi connectivity index (χ1n) is 5.93. The van der Waals surface area contributed by atoms with Gasteiger partial charge in [-0.15, -0.1) is 0 Å². The Morgan fingerprint density at radius 3 is 2.35 bits per heavy atom. The molecule has 0 aliphatic carbocycles. The lowest BCUT2D eigenvalue weighted by molar-refractivity contribution is -0.136. The van der Waals surface area contributed by atoms with E-state index in [0.717, 1.165) is 5.69 Å². The van der Waals surface area contributed by atoms with Crippen LogP contribution in [0.15, 0.2) is 24.4 Å². The predicted octanol–water partition coefficient (Wildman–Crippen LogP) is 1.73. The molecule has 94 valence electrons. The number of nitrogens with two attached hydrogens (primary N) is 1. The standard InChI is InChI=1S/C13H21N3O/c1-9(2)16(13(17)10(3)14)11(4)12-7-5-6-8-15-12/h5-11H,14H2,1-4H3/t10-,11-/m0/s1. The molecule has 0 fully saturated rings. The molecule has 4 heteroatoms. The smallest absolute Gasteiger partial charge is 0.239 e. The van der Waals surface area contributed by atoms with Gasteiger partial charge in [0, 0.05) is 12.2 Å². The van der Waals surface area contributed by atoms with Gasteiger partial charge in [0.25, 0.3) is 0 Å². The highest BCUT2D eigenvalue weighted by Gasteiger charge is 2.26. The first-order chi connectivity index (χ1) is 7.95. The average Bonchev–Trinajstić information content (AvgIpc) is 2.29. The zero-order valence-electron chi connectivity index (χ0n) is 10.9. The van der Waals surface area contributed by atoms with Crippen molar-refractivity contribution < 1.29 is 4.79 Å². The lowest BCUT2D eigenvalue weighted by atomic mass is 10.1. The summed E-state index contributed by atoms with van der Waals surface area (Å²) >= 11 is 0. The Bertz CT molecular complexity index is 362. The molecule has 0 aliphatic rings. The van der Waals surface area contributed by atoms with Gasteiger partial charge in [0.1, 0.15) is 0 Å². The fourth-order valence-electron chi connectivity index (χ4n) is 1.89. The third kappa shape index (κ3) is 3.27. The monoisotopic (exact) mass is 235 g/mol. The van der Waals surface area contributed by atoms with Crippen LogP contribution >= 0.6 is 0 Å². The summed E-state index contributed by atoms with van der Waals surface area (Å²) in [5.74, 6) is -0.0434. The van der Waals surface area contributed by atoms with Crippen LogP contribution in [0.2, 0.25) is 0 Å². The van der Waals surface area contributed by atoms with E-state index in [0.29, 0.717) is 0 Å². The molecule has 1 aromatic heterocycles. The fourth-order valence-corrected chi connectivity index (χ4v) is 1.89. The molecular formula is C13H21N3O. The van der Waals surface area contributed by atoms with Crippen molar-refractivity contribution >= 4 is 5.91 Å². The van der Waals surface area contributed by atoms with Crippen molar-refractivity contribution in [2.75, 3.05) is 0 Å². The van der Waals surface area contributed by atoms with Gasteiger partial charge in [-0.2, -0.15) is 0 Å². The van der Waals surface area contributed by atoms with Crippen LogP contribution in [-0.2, 0) is 4.79 Å².